The number of halogens is 1. The van der Waals surface area contributed by atoms with Crippen LogP contribution in [-0.4, -0.2) is 15.0 Å². The van der Waals surface area contributed by atoms with E-state index in [4.69, 9.17) is 5.73 Å². The van der Waals surface area contributed by atoms with Crippen molar-refractivity contribution in [3.63, 3.8) is 0 Å². The van der Waals surface area contributed by atoms with E-state index in [-0.39, 0.29) is 10.3 Å². The molecule has 20 heavy (non-hydrogen) atoms. The van der Waals surface area contributed by atoms with Gasteiger partial charge in [0, 0.05) is 17.6 Å². The third-order valence-electron chi connectivity index (χ3n) is 4.47. The van der Waals surface area contributed by atoms with Crippen LogP contribution in [0.2, 0.25) is 0 Å². The highest BCUT2D eigenvalue weighted by Gasteiger charge is 2.53. The Labute approximate surface area is 128 Å². The maximum absolute atomic E-state index is 12.5. The molecule has 1 aromatic carbocycles. The molecular formula is C14H19BrN2O2S. The molecule has 0 bridgehead atoms. The minimum atomic E-state index is -3.47. The van der Waals surface area contributed by atoms with Gasteiger partial charge < -0.3 is 5.73 Å². The molecule has 2 aliphatic carbocycles. The van der Waals surface area contributed by atoms with Crippen LogP contribution in [0.25, 0.3) is 0 Å². The molecule has 2 saturated carbocycles. The van der Waals surface area contributed by atoms with E-state index in [1.165, 1.54) is 12.8 Å². The molecule has 4 nitrogen and oxygen atoms in total. The third kappa shape index (κ3) is 2.79. The highest BCUT2D eigenvalue weighted by molar-refractivity contribution is 9.10. The number of hydrogen-bond donors (Lipinski definition) is 2. The summed E-state index contributed by atoms with van der Waals surface area (Å²) in [5.41, 5.74) is 6.65. The van der Waals surface area contributed by atoms with Crippen molar-refractivity contribution in [2.45, 2.75) is 37.1 Å². The lowest BCUT2D eigenvalue weighted by atomic mass is 10.0. The van der Waals surface area contributed by atoms with Crippen molar-refractivity contribution < 1.29 is 8.42 Å². The number of sulfonamides is 1. The first kappa shape index (κ1) is 14.5. The predicted octanol–water partition coefficient (Wildman–Crippen LogP) is 2.38. The monoisotopic (exact) mass is 358 g/mol. The van der Waals surface area contributed by atoms with Gasteiger partial charge in [-0.15, -0.1) is 0 Å². The molecule has 0 atom stereocenters. The predicted molar refractivity (Wildman–Crippen MR) is 81.6 cm³/mol. The van der Waals surface area contributed by atoms with Gasteiger partial charge in [-0.3, -0.25) is 0 Å². The Morgan fingerprint density at radius 1 is 1.35 bits per heavy atom. The van der Waals surface area contributed by atoms with E-state index in [2.05, 4.69) is 20.7 Å². The summed E-state index contributed by atoms with van der Waals surface area (Å²) in [6.07, 6.45) is 4.83. The largest absolute Gasteiger partial charge is 0.326 e. The Bertz CT molecular complexity index is 622. The summed E-state index contributed by atoms with van der Waals surface area (Å²) < 4.78 is 28.3. The minimum absolute atomic E-state index is 0.255. The molecule has 110 valence electrons. The molecule has 6 heteroatoms. The second-order valence-corrected chi connectivity index (χ2v) is 8.52. The maximum atomic E-state index is 12.5. The van der Waals surface area contributed by atoms with Crippen LogP contribution < -0.4 is 10.5 Å². The van der Waals surface area contributed by atoms with Crippen molar-refractivity contribution in [2.75, 3.05) is 6.54 Å². The molecule has 0 heterocycles. The Morgan fingerprint density at radius 2 is 2.05 bits per heavy atom. The Kier molecular flexibility index (Phi) is 3.69. The smallest absolute Gasteiger partial charge is 0.241 e. The normalized spacial score (nSPS) is 20.9. The van der Waals surface area contributed by atoms with Gasteiger partial charge in [-0.2, -0.15) is 0 Å². The zero-order valence-corrected chi connectivity index (χ0v) is 13.6. The average Bonchev–Trinajstić information content (AvgIpc) is 3.28. The fourth-order valence-corrected chi connectivity index (χ4v) is 4.93. The van der Waals surface area contributed by atoms with Crippen molar-refractivity contribution in [1.82, 2.24) is 4.72 Å². The lowest BCUT2D eigenvalue weighted by Gasteiger charge is -2.16. The second-order valence-electron chi connectivity index (χ2n) is 5.93. The van der Waals surface area contributed by atoms with Gasteiger partial charge >= 0.3 is 0 Å². The maximum Gasteiger partial charge on any atom is 0.241 e. The van der Waals surface area contributed by atoms with Crippen LogP contribution in [0.3, 0.4) is 0 Å². The van der Waals surface area contributed by atoms with Crippen LogP contribution in [0.4, 0.5) is 0 Å². The molecule has 3 rings (SSSR count). The van der Waals surface area contributed by atoms with E-state index in [1.807, 2.05) is 6.07 Å². The van der Waals surface area contributed by atoms with Crippen molar-refractivity contribution in [1.29, 1.82) is 0 Å². The van der Waals surface area contributed by atoms with Gasteiger partial charge in [0.1, 0.15) is 0 Å². The lowest BCUT2D eigenvalue weighted by molar-refractivity contribution is 0.432. The number of hydrogen-bond acceptors (Lipinski definition) is 3. The molecule has 0 unspecified atom stereocenters. The standard InChI is InChI=1S/C14H19BrN2O2S/c15-12-4-1-10(8-16)7-13(12)20(18,19)17-9-14(5-6-14)11-2-3-11/h1,4,7,11,17H,2-3,5-6,8-9,16H2. The quantitative estimate of drug-likeness (QED) is 0.819. The van der Waals surface area contributed by atoms with Crippen LogP contribution in [0.15, 0.2) is 27.6 Å². The number of nitrogens with one attached hydrogen (secondary N) is 1. The van der Waals surface area contributed by atoms with Crippen molar-refractivity contribution >= 4 is 26.0 Å². The molecule has 0 saturated heterocycles. The average molecular weight is 359 g/mol. The summed E-state index contributed by atoms with van der Waals surface area (Å²) >= 11 is 3.31. The number of benzene rings is 1. The van der Waals surface area contributed by atoms with Crippen LogP contribution >= 0.6 is 15.9 Å². The van der Waals surface area contributed by atoms with Gasteiger partial charge in [-0.1, -0.05) is 6.07 Å². The molecule has 0 radical (unpaired) electrons. The first-order chi connectivity index (χ1) is 9.47. The van der Waals surface area contributed by atoms with Gasteiger partial charge in [-0.25, -0.2) is 13.1 Å². The molecule has 2 fully saturated rings. The summed E-state index contributed by atoms with van der Waals surface area (Å²) in [6, 6.07) is 5.21. The highest BCUT2D eigenvalue weighted by atomic mass is 79.9. The van der Waals surface area contributed by atoms with Crippen LogP contribution in [-0.2, 0) is 16.6 Å². The van der Waals surface area contributed by atoms with E-state index in [1.54, 1.807) is 12.1 Å². The van der Waals surface area contributed by atoms with Gasteiger partial charge in [0.15, 0.2) is 0 Å². The van der Waals surface area contributed by atoms with Crippen LogP contribution in [0.5, 0.6) is 0 Å². The second kappa shape index (κ2) is 5.09. The molecule has 0 aromatic heterocycles. The van der Waals surface area contributed by atoms with Crippen molar-refractivity contribution in [2.24, 2.45) is 17.1 Å². The molecule has 0 spiro atoms. The summed E-state index contributed by atoms with van der Waals surface area (Å²) in [7, 11) is -3.47. The van der Waals surface area contributed by atoms with E-state index >= 15 is 0 Å². The van der Waals surface area contributed by atoms with Crippen molar-refractivity contribution in [3.8, 4) is 0 Å². The third-order valence-corrected chi connectivity index (χ3v) is 6.87. The zero-order valence-electron chi connectivity index (χ0n) is 11.2. The highest BCUT2D eigenvalue weighted by Crippen LogP contribution is 2.60. The summed E-state index contributed by atoms with van der Waals surface area (Å²) in [4.78, 5) is 0.284. The summed E-state index contributed by atoms with van der Waals surface area (Å²) in [5, 5.41) is 0. The van der Waals surface area contributed by atoms with Gasteiger partial charge in [0.25, 0.3) is 0 Å². The molecule has 1 aromatic rings. The van der Waals surface area contributed by atoms with Gasteiger partial charge in [0.05, 0.1) is 4.90 Å². The molecule has 2 aliphatic rings. The Hall–Kier alpha value is -0.430. The first-order valence-corrected chi connectivity index (χ1v) is 9.23. The number of nitrogens with two attached hydrogens (primary N) is 1. The van der Waals surface area contributed by atoms with E-state index in [0.29, 0.717) is 17.6 Å². The Morgan fingerprint density at radius 3 is 2.60 bits per heavy atom. The summed E-state index contributed by atoms with van der Waals surface area (Å²) in [5.74, 6) is 0.740. The fraction of sp³-hybridized carbons (Fsp3) is 0.571. The molecule has 0 aliphatic heterocycles. The van der Waals surface area contributed by atoms with Crippen LogP contribution in [0.1, 0.15) is 31.2 Å². The SMILES string of the molecule is NCc1ccc(Br)c(S(=O)(=O)NCC2(C3CC3)CC2)c1. The zero-order chi connectivity index (χ0) is 14.4. The Balaban J connectivity index is 1.77. The minimum Gasteiger partial charge on any atom is -0.326 e. The van der Waals surface area contributed by atoms with Crippen molar-refractivity contribution in [3.05, 3.63) is 28.2 Å². The molecular weight excluding hydrogens is 340 g/mol. The van der Waals surface area contributed by atoms with Gasteiger partial charge in [-0.05, 0) is 70.6 Å². The summed E-state index contributed by atoms with van der Waals surface area (Å²) in [6.45, 7) is 0.904. The van der Waals surface area contributed by atoms with Crippen LogP contribution in [0, 0.1) is 11.3 Å². The topological polar surface area (TPSA) is 72.2 Å². The number of rotatable bonds is 6. The van der Waals surface area contributed by atoms with E-state index < -0.39 is 10.0 Å². The molecule has 3 N–H and O–H groups in total. The van der Waals surface area contributed by atoms with E-state index in [9.17, 15) is 8.42 Å². The first-order valence-electron chi connectivity index (χ1n) is 6.95. The van der Waals surface area contributed by atoms with E-state index in [0.717, 1.165) is 24.3 Å². The fourth-order valence-electron chi connectivity index (χ4n) is 2.78. The molecule has 0 amide bonds. The van der Waals surface area contributed by atoms with Gasteiger partial charge in [0.2, 0.25) is 10.0 Å². The lowest BCUT2D eigenvalue weighted by Crippen LogP contribution is -2.31.